The van der Waals surface area contributed by atoms with Crippen LogP contribution in [-0.2, 0) is 13.0 Å². The van der Waals surface area contributed by atoms with Crippen LogP contribution < -0.4 is 9.62 Å². The van der Waals surface area contributed by atoms with E-state index in [9.17, 15) is 4.39 Å². The zero-order valence-electron chi connectivity index (χ0n) is 17.6. The lowest BCUT2D eigenvalue weighted by atomic mass is 10.0. The van der Waals surface area contributed by atoms with Gasteiger partial charge in [0.2, 0.25) is 0 Å². The summed E-state index contributed by atoms with van der Waals surface area (Å²) in [6.45, 7) is 1.68. The number of hydrogen-bond acceptors (Lipinski definition) is 4. The number of nitrogens with one attached hydrogen (secondary N) is 1. The van der Waals surface area contributed by atoms with E-state index in [1.807, 2.05) is 30.3 Å². The van der Waals surface area contributed by atoms with Crippen LogP contribution in [0.4, 0.5) is 10.1 Å². The van der Waals surface area contributed by atoms with Crippen molar-refractivity contribution in [3.63, 3.8) is 0 Å². The number of halogens is 1. The van der Waals surface area contributed by atoms with E-state index in [1.165, 1.54) is 29.3 Å². The van der Waals surface area contributed by atoms with Crippen LogP contribution in [0.3, 0.4) is 0 Å². The second kappa shape index (κ2) is 9.55. The van der Waals surface area contributed by atoms with E-state index in [0.29, 0.717) is 0 Å². The summed E-state index contributed by atoms with van der Waals surface area (Å²) in [5, 5.41) is 0. The Bertz CT molecular complexity index is 1180. The minimum Gasteiger partial charge on any atom is -0.364 e. The molecular formula is C27H24FN3S. The van der Waals surface area contributed by atoms with Crippen molar-refractivity contribution in [2.45, 2.75) is 23.9 Å². The van der Waals surface area contributed by atoms with Crippen molar-refractivity contribution in [1.82, 2.24) is 9.71 Å². The van der Waals surface area contributed by atoms with E-state index in [1.54, 1.807) is 12.1 Å². The fourth-order valence-corrected chi connectivity index (χ4v) is 4.86. The Labute approximate surface area is 192 Å². The number of hydrogen-bond donors (Lipinski definition) is 1. The van der Waals surface area contributed by atoms with Gasteiger partial charge in [-0.2, -0.15) is 0 Å². The van der Waals surface area contributed by atoms with Crippen molar-refractivity contribution in [2.75, 3.05) is 11.4 Å². The van der Waals surface area contributed by atoms with E-state index in [-0.39, 0.29) is 11.9 Å². The van der Waals surface area contributed by atoms with Crippen molar-refractivity contribution < 1.29 is 4.39 Å². The molecule has 5 rings (SSSR count). The maximum atomic E-state index is 13.6. The maximum Gasteiger partial charge on any atom is 0.124 e. The highest BCUT2D eigenvalue weighted by Crippen LogP contribution is 2.31. The van der Waals surface area contributed by atoms with Crippen molar-refractivity contribution >= 4 is 17.6 Å². The molecule has 1 N–H and O–H groups in total. The van der Waals surface area contributed by atoms with Crippen LogP contribution in [0, 0.1) is 5.82 Å². The minimum absolute atomic E-state index is 0.193. The molecule has 0 fully saturated rings. The van der Waals surface area contributed by atoms with Gasteiger partial charge in [0.15, 0.2) is 0 Å². The van der Waals surface area contributed by atoms with Gasteiger partial charge >= 0.3 is 0 Å². The van der Waals surface area contributed by atoms with E-state index < -0.39 is 0 Å². The fraction of sp³-hybridized carbons (Fsp3) is 0.148. The largest absolute Gasteiger partial charge is 0.364 e. The molecule has 3 aromatic carbocycles. The Morgan fingerprint density at radius 1 is 0.906 bits per heavy atom. The van der Waals surface area contributed by atoms with Crippen molar-refractivity contribution in [3.8, 4) is 11.3 Å². The molecule has 1 unspecified atom stereocenters. The molecular weight excluding hydrogens is 417 g/mol. The molecule has 160 valence electrons. The van der Waals surface area contributed by atoms with Crippen LogP contribution in [-0.4, -0.2) is 17.6 Å². The summed E-state index contributed by atoms with van der Waals surface area (Å²) >= 11 is 1.48. The molecule has 5 heteroatoms. The molecule has 0 amide bonds. The van der Waals surface area contributed by atoms with Gasteiger partial charge in [0.05, 0.1) is 17.1 Å². The monoisotopic (exact) mass is 441 g/mol. The highest BCUT2D eigenvalue weighted by molar-refractivity contribution is 7.97. The summed E-state index contributed by atoms with van der Waals surface area (Å²) in [5.41, 5.74) is 5.65. The molecule has 1 aliphatic heterocycles. The number of rotatable bonds is 6. The summed E-state index contributed by atoms with van der Waals surface area (Å²) in [7, 11) is 0. The van der Waals surface area contributed by atoms with Gasteiger partial charge in [0.1, 0.15) is 5.82 Å². The fourth-order valence-electron chi connectivity index (χ4n) is 4.08. The predicted molar refractivity (Wildman–Crippen MR) is 130 cm³/mol. The lowest BCUT2D eigenvalue weighted by Gasteiger charge is -2.36. The molecule has 0 radical (unpaired) electrons. The molecule has 2 heterocycles. The Balaban J connectivity index is 1.41. The summed E-state index contributed by atoms with van der Waals surface area (Å²) in [6.07, 6.45) is 0.823. The van der Waals surface area contributed by atoms with Crippen LogP contribution in [0.25, 0.3) is 11.3 Å². The van der Waals surface area contributed by atoms with Gasteiger partial charge in [-0.05, 0) is 47.8 Å². The Morgan fingerprint density at radius 3 is 2.47 bits per heavy atom. The maximum absolute atomic E-state index is 13.6. The van der Waals surface area contributed by atoms with Crippen LogP contribution in [0.15, 0.2) is 102 Å². The van der Waals surface area contributed by atoms with Gasteiger partial charge in [-0.1, -0.05) is 66.7 Å². The molecule has 32 heavy (non-hydrogen) atoms. The first-order chi connectivity index (χ1) is 15.7. The zero-order chi connectivity index (χ0) is 21.8. The third kappa shape index (κ3) is 4.85. The number of anilines is 1. The molecule has 0 saturated carbocycles. The van der Waals surface area contributed by atoms with Crippen LogP contribution >= 0.6 is 11.9 Å². The first-order valence-electron chi connectivity index (χ1n) is 10.8. The zero-order valence-corrected chi connectivity index (χ0v) is 18.4. The second-order valence-electron chi connectivity index (χ2n) is 7.97. The Hall–Kier alpha value is -3.15. The summed E-state index contributed by atoms with van der Waals surface area (Å²) in [6, 6.07) is 32.0. The number of nitrogens with zero attached hydrogens (tertiary/aromatic N) is 2. The topological polar surface area (TPSA) is 28.2 Å². The van der Waals surface area contributed by atoms with Gasteiger partial charge in [-0.25, -0.2) is 4.39 Å². The first-order valence-corrected chi connectivity index (χ1v) is 11.6. The minimum atomic E-state index is -0.217. The van der Waals surface area contributed by atoms with Crippen molar-refractivity contribution in [3.05, 3.63) is 114 Å². The van der Waals surface area contributed by atoms with Crippen LogP contribution in [0.5, 0.6) is 0 Å². The molecule has 1 aliphatic rings. The predicted octanol–water partition coefficient (Wildman–Crippen LogP) is 6.12. The quantitative estimate of drug-likeness (QED) is 0.365. The van der Waals surface area contributed by atoms with E-state index >= 15 is 0 Å². The molecule has 3 nitrogen and oxygen atoms in total. The molecule has 1 aromatic heterocycles. The first kappa shape index (κ1) is 20.7. The van der Waals surface area contributed by atoms with E-state index in [0.717, 1.165) is 41.4 Å². The van der Waals surface area contributed by atoms with E-state index in [4.69, 9.17) is 4.98 Å². The highest BCUT2D eigenvalue weighted by atomic mass is 32.2. The lowest BCUT2D eigenvalue weighted by molar-refractivity contribution is 0.561. The second-order valence-corrected chi connectivity index (χ2v) is 8.88. The van der Waals surface area contributed by atoms with Crippen molar-refractivity contribution in [1.29, 1.82) is 0 Å². The highest BCUT2D eigenvalue weighted by Gasteiger charge is 2.26. The molecule has 0 aliphatic carbocycles. The molecule has 0 bridgehead atoms. The summed E-state index contributed by atoms with van der Waals surface area (Å²) < 4.78 is 17.1. The standard InChI is InChI=1S/C27H24FN3S/c28-22-12-7-13-24(16-22)32-30-23-17-26-27(31(19-23)18-20-8-3-1-4-9-20)15-14-25(29-26)21-10-5-2-6-11-21/h1-16,23,30H,17-19H2. The van der Waals surface area contributed by atoms with Gasteiger partial charge < -0.3 is 4.90 Å². The molecule has 0 spiro atoms. The van der Waals surface area contributed by atoms with Gasteiger partial charge in [0.25, 0.3) is 0 Å². The lowest BCUT2D eigenvalue weighted by Crippen LogP contribution is -2.44. The van der Waals surface area contributed by atoms with Gasteiger partial charge in [-0.3, -0.25) is 9.71 Å². The van der Waals surface area contributed by atoms with Crippen LogP contribution in [0.2, 0.25) is 0 Å². The Morgan fingerprint density at radius 2 is 1.69 bits per heavy atom. The number of aromatic nitrogens is 1. The van der Waals surface area contributed by atoms with Gasteiger partial charge in [0, 0.05) is 36.0 Å². The Kier molecular flexibility index (Phi) is 6.19. The smallest absolute Gasteiger partial charge is 0.124 e. The van der Waals surface area contributed by atoms with Crippen LogP contribution in [0.1, 0.15) is 11.3 Å². The number of benzene rings is 3. The van der Waals surface area contributed by atoms with Crippen molar-refractivity contribution in [2.24, 2.45) is 0 Å². The summed E-state index contributed by atoms with van der Waals surface area (Å²) in [4.78, 5) is 8.30. The van der Waals surface area contributed by atoms with E-state index in [2.05, 4.69) is 58.2 Å². The third-order valence-corrected chi connectivity index (χ3v) is 6.54. The third-order valence-electron chi connectivity index (χ3n) is 5.60. The molecule has 4 aromatic rings. The normalized spacial score (nSPS) is 15.4. The SMILES string of the molecule is Fc1cccc(SNC2Cc3nc(-c4ccccc4)ccc3N(Cc3ccccc3)C2)c1. The number of pyridine rings is 1. The summed E-state index contributed by atoms with van der Waals surface area (Å²) in [5.74, 6) is -0.217. The molecule has 1 atom stereocenters. The average molecular weight is 442 g/mol. The molecule has 0 saturated heterocycles. The van der Waals surface area contributed by atoms with Gasteiger partial charge in [-0.15, -0.1) is 0 Å². The average Bonchev–Trinajstić information content (AvgIpc) is 2.84. The number of fused-ring (bicyclic) bond motifs is 1.